The van der Waals surface area contributed by atoms with Crippen LogP contribution in [0.25, 0.3) is 0 Å². The van der Waals surface area contributed by atoms with Crippen molar-refractivity contribution in [3.05, 3.63) is 35.0 Å². The molecule has 1 aliphatic heterocycles. The molecule has 1 fully saturated rings. The summed E-state index contributed by atoms with van der Waals surface area (Å²) in [6.45, 7) is 6.40. The number of carbonyl (C=O) groups is 2. The first kappa shape index (κ1) is 32.1. The number of halogens is 6. The number of rotatable bonds is 6. The highest BCUT2D eigenvalue weighted by atomic mass is 19.4. The Kier molecular flexibility index (Phi) is 11.3. The van der Waals surface area contributed by atoms with Gasteiger partial charge in [0.05, 0.1) is 18.0 Å². The van der Waals surface area contributed by atoms with Crippen molar-refractivity contribution in [1.82, 2.24) is 19.8 Å². The average Bonchev–Trinajstić information content (AvgIpc) is 3.56. The number of hydrogen-bond acceptors (Lipinski definition) is 7. The number of carboxylic acid groups (broad SMARTS) is 2. The first-order chi connectivity index (χ1) is 18.1. The molecule has 1 saturated carbocycles. The van der Waals surface area contributed by atoms with E-state index in [2.05, 4.69) is 20.9 Å². The second-order valence-corrected chi connectivity index (χ2v) is 9.27. The lowest BCUT2D eigenvalue weighted by Gasteiger charge is -2.30. The fraction of sp³-hybridized carbons (Fsp3) is 0.652. The maximum Gasteiger partial charge on any atom is 0.490 e. The van der Waals surface area contributed by atoms with Gasteiger partial charge in [-0.15, -0.1) is 0 Å². The first-order valence-corrected chi connectivity index (χ1v) is 11.9. The van der Waals surface area contributed by atoms with E-state index in [9.17, 15) is 26.3 Å². The molecule has 0 amide bonds. The number of aliphatic carboxylic acids is 2. The van der Waals surface area contributed by atoms with Crippen molar-refractivity contribution in [2.24, 2.45) is 5.92 Å². The third-order valence-electron chi connectivity index (χ3n) is 5.96. The van der Waals surface area contributed by atoms with Gasteiger partial charge in [-0.3, -0.25) is 9.58 Å². The fourth-order valence-corrected chi connectivity index (χ4v) is 4.37. The Morgan fingerprint density at radius 2 is 1.67 bits per heavy atom. The SMILES string of the molecule is COCC1CN(Cc2cc(C)on2)Cc2cn(CC3CCCC3)nc21.O=C(O)C(F)(F)F.O=C(O)C(F)(F)F. The monoisotopic (exact) mass is 572 g/mol. The van der Waals surface area contributed by atoms with E-state index in [0.717, 1.165) is 43.6 Å². The van der Waals surface area contributed by atoms with Gasteiger partial charge in [0.25, 0.3) is 0 Å². The minimum atomic E-state index is -5.08. The van der Waals surface area contributed by atoms with Gasteiger partial charge in [0.2, 0.25) is 0 Å². The quantitative estimate of drug-likeness (QED) is 0.484. The molecule has 3 heterocycles. The number of aromatic nitrogens is 3. The van der Waals surface area contributed by atoms with Crippen LogP contribution >= 0.6 is 0 Å². The minimum Gasteiger partial charge on any atom is -0.475 e. The molecular formula is C23H30F6N4O6. The zero-order chi connectivity index (χ0) is 29.4. The van der Waals surface area contributed by atoms with E-state index in [-0.39, 0.29) is 0 Å². The Balaban J connectivity index is 0.000000317. The largest absolute Gasteiger partial charge is 0.490 e. The number of carboxylic acids is 2. The van der Waals surface area contributed by atoms with Crippen LogP contribution in [0.1, 0.15) is 54.3 Å². The molecule has 1 aliphatic carbocycles. The van der Waals surface area contributed by atoms with Crippen molar-refractivity contribution >= 4 is 11.9 Å². The Morgan fingerprint density at radius 1 is 1.10 bits per heavy atom. The molecule has 0 spiro atoms. The molecule has 2 aliphatic rings. The standard InChI is InChI=1S/C19H28N4O2.2C2HF3O2/c1-14-7-18(21-25-14)12-22-9-16-11-23(8-15-5-3-4-6-15)20-19(16)17(10-22)13-24-2;2*3-2(4,5)1(6)7/h7,11,15,17H,3-6,8-10,12-13H2,1-2H3;2*(H,6,7). The van der Waals surface area contributed by atoms with E-state index in [0.29, 0.717) is 12.5 Å². The molecule has 39 heavy (non-hydrogen) atoms. The Hall–Kier alpha value is -3.14. The van der Waals surface area contributed by atoms with Gasteiger partial charge in [-0.25, -0.2) is 9.59 Å². The summed E-state index contributed by atoms with van der Waals surface area (Å²) in [5, 5.41) is 23.3. The molecule has 0 aromatic carbocycles. The van der Waals surface area contributed by atoms with Gasteiger partial charge in [-0.2, -0.15) is 31.4 Å². The average molecular weight is 573 g/mol. The van der Waals surface area contributed by atoms with Gasteiger partial charge in [-0.1, -0.05) is 18.0 Å². The van der Waals surface area contributed by atoms with E-state index >= 15 is 0 Å². The molecule has 4 rings (SSSR count). The Labute approximate surface area is 219 Å². The molecular weight excluding hydrogens is 542 g/mol. The Morgan fingerprint density at radius 3 is 2.13 bits per heavy atom. The van der Waals surface area contributed by atoms with Crippen LogP contribution < -0.4 is 0 Å². The lowest BCUT2D eigenvalue weighted by Crippen LogP contribution is -2.34. The molecule has 0 radical (unpaired) electrons. The maximum atomic E-state index is 10.6. The predicted molar refractivity (Wildman–Crippen MR) is 122 cm³/mol. The molecule has 2 aromatic heterocycles. The third-order valence-corrected chi connectivity index (χ3v) is 5.96. The van der Waals surface area contributed by atoms with Gasteiger partial charge >= 0.3 is 24.3 Å². The number of alkyl halides is 6. The summed E-state index contributed by atoms with van der Waals surface area (Å²) in [4.78, 5) is 20.2. The summed E-state index contributed by atoms with van der Waals surface area (Å²) in [6, 6.07) is 2.02. The van der Waals surface area contributed by atoms with Gasteiger partial charge < -0.3 is 19.5 Å². The van der Waals surface area contributed by atoms with E-state index < -0.39 is 24.3 Å². The molecule has 0 saturated heterocycles. The number of fused-ring (bicyclic) bond motifs is 1. The smallest absolute Gasteiger partial charge is 0.475 e. The normalized spacial score (nSPS) is 18.0. The number of ether oxygens (including phenoxy) is 1. The summed E-state index contributed by atoms with van der Waals surface area (Å²) in [7, 11) is 1.77. The van der Waals surface area contributed by atoms with E-state index in [1.54, 1.807) is 7.11 Å². The highest BCUT2D eigenvalue weighted by Gasteiger charge is 2.39. The second-order valence-electron chi connectivity index (χ2n) is 9.27. The third kappa shape index (κ3) is 10.5. The second kappa shape index (κ2) is 13.8. The summed E-state index contributed by atoms with van der Waals surface area (Å²) < 4.78 is 76.3. The van der Waals surface area contributed by atoms with Crippen LogP contribution in [-0.4, -0.2) is 74.6 Å². The van der Waals surface area contributed by atoms with E-state index in [1.165, 1.54) is 36.9 Å². The molecule has 1 atom stereocenters. The lowest BCUT2D eigenvalue weighted by molar-refractivity contribution is -0.193. The topological polar surface area (TPSA) is 131 Å². The van der Waals surface area contributed by atoms with Crippen LogP contribution in [0.3, 0.4) is 0 Å². The minimum absolute atomic E-state index is 0.326. The molecule has 10 nitrogen and oxygen atoms in total. The number of hydrogen-bond donors (Lipinski definition) is 2. The van der Waals surface area contributed by atoms with E-state index in [1.807, 2.05) is 13.0 Å². The van der Waals surface area contributed by atoms with Gasteiger partial charge in [0.1, 0.15) is 5.76 Å². The van der Waals surface area contributed by atoms with Crippen molar-refractivity contribution in [3.63, 3.8) is 0 Å². The lowest BCUT2D eigenvalue weighted by atomic mass is 9.97. The predicted octanol–water partition coefficient (Wildman–Crippen LogP) is 4.38. The molecule has 0 bridgehead atoms. The van der Waals surface area contributed by atoms with Gasteiger partial charge in [-0.05, 0) is 25.7 Å². The van der Waals surface area contributed by atoms with Crippen LogP contribution in [0.2, 0.25) is 0 Å². The molecule has 16 heteroatoms. The summed E-state index contributed by atoms with van der Waals surface area (Å²) in [6.07, 6.45) is -2.45. The Bertz CT molecular complexity index is 1050. The molecule has 2 N–H and O–H groups in total. The van der Waals surface area contributed by atoms with E-state index in [4.69, 9.17) is 34.2 Å². The zero-order valence-corrected chi connectivity index (χ0v) is 21.3. The summed E-state index contributed by atoms with van der Waals surface area (Å²) in [5.41, 5.74) is 3.56. The van der Waals surface area contributed by atoms with Crippen molar-refractivity contribution < 1.29 is 55.4 Å². The summed E-state index contributed by atoms with van der Waals surface area (Å²) in [5.74, 6) is -3.52. The van der Waals surface area contributed by atoms with Crippen molar-refractivity contribution in [1.29, 1.82) is 0 Å². The first-order valence-electron chi connectivity index (χ1n) is 11.9. The molecule has 220 valence electrons. The van der Waals surface area contributed by atoms with Gasteiger partial charge in [0, 0.05) is 57.0 Å². The van der Waals surface area contributed by atoms with Gasteiger partial charge in [0.15, 0.2) is 0 Å². The van der Waals surface area contributed by atoms with Crippen LogP contribution in [-0.2, 0) is 34.0 Å². The number of methoxy groups -OCH3 is 1. The van der Waals surface area contributed by atoms with Crippen LogP contribution in [0, 0.1) is 12.8 Å². The van der Waals surface area contributed by atoms with Crippen LogP contribution in [0.15, 0.2) is 16.8 Å². The van der Waals surface area contributed by atoms with Crippen LogP contribution in [0.5, 0.6) is 0 Å². The molecule has 1 unspecified atom stereocenters. The zero-order valence-electron chi connectivity index (χ0n) is 21.3. The highest BCUT2D eigenvalue weighted by molar-refractivity contribution is 5.73. The maximum absolute atomic E-state index is 10.6. The highest BCUT2D eigenvalue weighted by Crippen LogP contribution is 2.30. The molecule has 2 aromatic rings. The fourth-order valence-electron chi connectivity index (χ4n) is 4.37. The summed E-state index contributed by atoms with van der Waals surface area (Å²) >= 11 is 0. The van der Waals surface area contributed by atoms with Crippen molar-refractivity contribution in [2.45, 2.75) is 70.5 Å². The van der Waals surface area contributed by atoms with Crippen molar-refractivity contribution in [2.75, 3.05) is 20.3 Å². The number of nitrogens with zero attached hydrogens (tertiary/aromatic N) is 4. The van der Waals surface area contributed by atoms with Crippen LogP contribution in [0.4, 0.5) is 26.3 Å². The van der Waals surface area contributed by atoms with Crippen molar-refractivity contribution in [3.8, 4) is 0 Å². The number of aryl methyl sites for hydroxylation is 1.